The summed E-state index contributed by atoms with van der Waals surface area (Å²) in [7, 11) is 0. The summed E-state index contributed by atoms with van der Waals surface area (Å²) < 4.78 is 0. The molecule has 2 unspecified atom stereocenters. The standard InChI is InChI=1S/C60H56N2/c1-9-37(3)53-35-57(61(45-27-25-39(5)41(7)33-45)55-23-15-19-43-17-11-13-21-47(43)55)51-32-30-50-54(38(4)10-2)36-58(52-31-29-49(53)59(51)60(50)52)62(46-28-26-40(6)42(8)34-46)56-24-16-20-44-18-12-14-22-48(44)56/h11-38H,9-10H2,1-8H3. The van der Waals surface area contributed by atoms with Crippen LogP contribution < -0.4 is 9.80 Å². The van der Waals surface area contributed by atoms with Crippen LogP contribution in [0.5, 0.6) is 0 Å². The van der Waals surface area contributed by atoms with E-state index >= 15 is 0 Å². The van der Waals surface area contributed by atoms with Gasteiger partial charge in [0.2, 0.25) is 0 Å². The van der Waals surface area contributed by atoms with E-state index < -0.39 is 0 Å². The second kappa shape index (κ2) is 15.7. The molecule has 0 fully saturated rings. The minimum Gasteiger partial charge on any atom is -0.309 e. The van der Waals surface area contributed by atoms with Gasteiger partial charge in [0, 0.05) is 32.9 Å². The van der Waals surface area contributed by atoms with E-state index in [0.717, 1.165) is 12.8 Å². The lowest BCUT2D eigenvalue weighted by Crippen LogP contribution is -2.14. The fourth-order valence-electron chi connectivity index (χ4n) is 9.99. The van der Waals surface area contributed by atoms with Crippen molar-refractivity contribution in [2.24, 2.45) is 0 Å². The van der Waals surface area contributed by atoms with E-state index in [1.807, 2.05) is 0 Å². The molecule has 0 aromatic heterocycles. The van der Waals surface area contributed by atoms with Crippen LogP contribution in [0.4, 0.5) is 34.1 Å². The molecule has 0 heterocycles. The largest absolute Gasteiger partial charge is 0.309 e. The normalized spacial score (nSPS) is 12.8. The number of nitrogens with zero attached hydrogens (tertiary/aromatic N) is 2. The van der Waals surface area contributed by atoms with E-state index in [1.165, 1.54) is 121 Å². The molecule has 10 rings (SSSR count). The molecule has 2 heteroatoms. The van der Waals surface area contributed by atoms with Crippen molar-refractivity contribution in [2.75, 3.05) is 9.80 Å². The summed E-state index contributed by atoms with van der Waals surface area (Å²) >= 11 is 0. The molecule has 306 valence electrons. The average molecular weight is 805 g/mol. The fraction of sp³-hybridized carbons (Fsp3) is 0.200. The third-order valence-corrected chi connectivity index (χ3v) is 14.2. The van der Waals surface area contributed by atoms with Gasteiger partial charge in [0.15, 0.2) is 0 Å². The van der Waals surface area contributed by atoms with Gasteiger partial charge in [-0.25, -0.2) is 0 Å². The molecule has 0 aliphatic rings. The Kier molecular flexibility index (Phi) is 9.99. The van der Waals surface area contributed by atoms with Gasteiger partial charge in [-0.15, -0.1) is 0 Å². The second-order valence-corrected chi connectivity index (χ2v) is 17.9. The Morgan fingerprint density at radius 2 is 0.742 bits per heavy atom. The van der Waals surface area contributed by atoms with Crippen LogP contribution in [0.3, 0.4) is 0 Å². The highest BCUT2D eigenvalue weighted by Gasteiger charge is 2.27. The molecule has 0 aliphatic carbocycles. The molecular formula is C60H56N2. The van der Waals surface area contributed by atoms with Gasteiger partial charge in [0.25, 0.3) is 0 Å². The summed E-state index contributed by atoms with van der Waals surface area (Å²) in [6.45, 7) is 18.4. The smallest absolute Gasteiger partial charge is 0.0543 e. The topological polar surface area (TPSA) is 6.48 Å². The molecule has 2 nitrogen and oxygen atoms in total. The van der Waals surface area contributed by atoms with E-state index in [-0.39, 0.29) is 0 Å². The minimum atomic E-state index is 0.351. The molecule has 0 N–H and O–H groups in total. The van der Waals surface area contributed by atoms with Crippen molar-refractivity contribution in [3.05, 3.63) is 191 Å². The quantitative estimate of drug-likeness (QED) is 0.127. The number of fused-ring (bicyclic) bond motifs is 2. The maximum absolute atomic E-state index is 2.56. The summed E-state index contributed by atoms with van der Waals surface area (Å²) in [5.74, 6) is 0.701. The summed E-state index contributed by atoms with van der Waals surface area (Å²) in [6.07, 6.45) is 2.10. The van der Waals surface area contributed by atoms with E-state index in [9.17, 15) is 0 Å². The molecule has 62 heavy (non-hydrogen) atoms. The Morgan fingerprint density at radius 3 is 1.15 bits per heavy atom. The first-order valence-electron chi connectivity index (χ1n) is 22.6. The van der Waals surface area contributed by atoms with Crippen LogP contribution in [0.25, 0.3) is 53.9 Å². The third-order valence-electron chi connectivity index (χ3n) is 14.2. The summed E-state index contributed by atoms with van der Waals surface area (Å²) in [5.41, 5.74) is 15.1. The van der Waals surface area contributed by atoms with E-state index in [0.29, 0.717) is 11.8 Å². The second-order valence-electron chi connectivity index (χ2n) is 17.9. The Labute approximate surface area is 367 Å². The van der Waals surface area contributed by atoms with Crippen molar-refractivity contribution in [1.82, 2.24) is 0 Å². The third kappa shape index (κ3) is 6.39. The summed E-state index contributed by atoms with van der Waals surface area (Å²) in [5, 5.41) is 12.9. The first-order chi connectivity index (χ1) is 30.2. The van der Waals surface area contributed by atoms with Crippen LogP contribution in [0, 0.1) is 27.7 Å². The molecule has 0 saturated heterocycles. The van der Waals surface area contributed by atoms with Crippen LogP contribution in [-0.2, 0) is 0 Å². The van der Waals surface area contributed by atoms with Crippen LogP contribution in [-0.4, -0.2) is 0 Å². The average Bonchev–Trinajstić information content (AvgIpc) is 3.30. The molecule has 10 aromatic carbocycles. The van der Waals surface area contributed by atoms with Crippen molar-refractivity contribution in [3.8, 4) is 0 Å². The van der Waals surface area contributed by atoms with Gasteiger partial charge >= 0.3 is 0 Å². The van der Waals surface area contributed by atoms with Crippen LogP contribution in [0.15, 0.2) is 158 Å². The van der Waals surface area contributed by atoms with Gasteiger partial charge in [-0.05, 0) is 167 Å². The van der Waals surface area contributed by atoms with Crippen LogP contribution in [0.1, 0.15) is 85.8 Å². The highest BCUT2D eigenvalue weighted by Crippen LogP contribution is 2.52. The predicted octanol–water partition coefficient (Wildman–Crippen LogP) is 18.1. The number of anilines is 6. The summed E-state index contributed by atoms with van der Waals surface area (Å²) in [6, 6.07) is 60.0. The summed E-state index contributed by atoms with van der Waals surface area (Å²) in [4.78, 5) is 5.11. The number of aryl methyl sites for hydroxylation is 4. The zero-order valence-electron chi connectivity index (χ0n) is 37.5. The molecule has 0 saturated carbocycles. The maximum atomic E-state index is 2.56. The lowest BCUT2D eigenvalue weighted by molar-refractivity contribution is 0.739. The fourth-order valence-corrected chi connectivity index (χ4v) is 9.99. The van der Waals surface area contributed by atoms with E-state index in [1.54, 1.807) is 0 Å². The lowest BCUT2D eigenvalue weighted by Gasteiger charge is -2.33. The van der Waals surface area contributed by atoms with Gasteiger partial charge in [-0.3, -0.25) is 0 Å². The zero-order chi connectivity index (χ0) is 42.8. The number of benzene rings is 10. The van der Waals surface area contributed by atoms with Gasteiger partial charge in [-0.2, -0.15) is 0 Å². The number of hydrogen-bond donors (Lipinski definition) is 0. The van der Waals surface area contributed by atoms with Crippen molar-refractivity contribution in [1.29, 1.82) is 0 Å². The maximum Gasteiger partial charge on any atom is 0.0543 e. The zero-order valence-corrected chi connectivity index (χ0v) is 37.5. The molecule has 0 bridgehead atoms. The van der Waals surface area contributed by atoms with Crippen molar-refractivity contribution in [2.45, 2.75) is 80.1 Å². The Morgan fingerprint density at radius 1 is 0.355 bits per heavy atom. The Bertz CT molecular complexity index is 3080. The molecular weight excluding hydrogens is 749 g/mol. The predicted molar refractivity (Wildman–Crippen MR) is 271 cm³/mol. The Balaban J connectivity index is 1.37. The van der Waals surface area contributed by atoms with Crippen molar-refractivity contribution < 1.29 is 0 Å². The Hall–Kier alpha value is -6.64. The van der Waals surface area contributed by atoms with Gasteiger partial charge in [-0.1, -0.05) is 137 Å². The van der Waals surface area contributed by atoms with Crippen molar-refractivity contribution in [3.63, 3.8) is 0 Å². The number of rotatable bonds is 10. The molecule has 0 spiro atoms. The molecule has 0 amide bonds. The van der Waals surface area contributed by atoms with Gasteiger partial charge in [0.05, 0.1) is 22.7 Å². The monoisotopic (exact) mass is 804 g/mol. The van der Waals surface area contributed by atoms with Gasteiger partial charge < -0.3 is 9.80 Å². The van der Waals surface area contributed by atoms with Crippen molar-refractivity contribution >= 4 is 88.0 Å². The van der Waals surface area contributed by atoms with E-state index in [2.05, 4.69) is 223 Å². The first kappa shape index (κ1) is 39.5. The molecule has 0 aliphatic heterocycles. The SMILES string of the molecule is CCC(C)c1cc(N(c2ccc(C)c(C)c2)c2cccc3ccccc23)c2ccc3c(C(C)CC)cc(N(c4ccc(C)c(C)c4)c4cccc5ccccc45)c4ccc1c2c34. The first-order valence-corrected chi connectivity index (χ1v) is 22.6. The minimum absolute atomic E-state index is 0.351. The highest BCUT2D eigenvalue weighted by molar-refractivity contribution is 6.30. The number of hydrogen-bond acceptors (Lipinski definition) is 2. The van der Waals surface area contributed by atoms with Crippen LogP contribution >= 0.6 is 0 Å². The van der Waals surface area contributed by atoms with E-state index in [4.69, 9.17) is 0 Å². The van der Waals surface area contributed by atoms with Gasteiger partial charge in [0.1, 0.15) is 0 Å². The highest BCUT2D eigenvalue weighted by atomic mass is 15.2. The molecule has 2 atom stereocenters. The molecule has 0 radical (unpaired) electrons. The lowest BCUT2D eigenvalue weighted by atomic mass is 9.82. The molecule has 10 aromatic rings. The van der Waals surface area contributed by atoms with Crippen LogP contribution in [0.2, 0.25) is 0 Å².